The molecule has 0 unspecified atom stereocenters. The summed E-state index contributed by atoms with van der Waals surface area (Å²) in [5, 5.41) is 0. The van der Waals surface area contributed by atoms with E-state index in [1.807, 2.05) is 0 Å². The Bertz CT molecular complexity index is 501. The van der Waals surface area contributed by atoms with E-state index in [0.29, 0.717) is 11.1 Å². The van der Waals surface area contributed by atoms with Crippen LogP contribution in [-0.2, 0) is 14.3 Å². The average Bonchev–Trinajstić information content (AvgIpc) is 2.40. The molecule has 0 aliphatic carbocycles. The summed E-state index contributed by atoms with van der Waals surface area (Å²) in [5.74, 6) is -1.22. The summed E-state index contributed by atoms with van der Waals surface area (Å²) in [6, 6.07) is 5.87. The number of esters is 2. The maximum Gasteiger partial charge on any atom is 0.422 e. The normalized spacial score (nSPS) is 9.22. The first-order valence-corrected chi connectivity index (χ1v) is 5.22. The minimum Gasteiger partial charge on any atom is -0.465 e. The maximum atomic E-state index is 11.4. The van der Waals surface area contributed by atoms with Gasteiger partial charge in [-0.15, -0.1) is 0 Å². The number of methoxy groups -OCH3 is 1. The van der Waals surface area contributed by atoms with Crippen LogP contribution in [0.25, 0.3) is 5.53 Å². The van der Waals surface area contributed by atoms with Gasteiger partial charge in [0.15, 0.2) is 0 Å². The highest BCUT2D eigenvalue weighted by Crippen LogP contribution is 2.07. The molecule has 1 rings (SSSR count). The monoisotopic (exact) mass is 248 g/mol. The molecule has 0 fully saturated rings. The standard InChI is InChI=1S/C12H12N2O4/c1-3-18-12(16)10(14-13)8-4-6-9(7-5-8)11(15)17-2/h4-7H,3H2,1-2H3. The molecule has 0 radical (unpaired) electrons. The Balaban J connectivity index is 3.00. The van der Waals surface area contributed by atoms with Crippen LogP contribution in [0.15, 0.2) is 24.3 Å². The van der Waals surface area contributed by atoms with Crippen molar-refractivity contribution in [3.8, 4) is 0 Å². The van der Waals surface area contributed by atoms with E-state index in [-0.39, 0.29) is 12.3 Å². The lowest BCUT2D eigenvalue weighted by atomic mass is 10.1. The van der Waals surface area contributed by atoms with Gasteiger partial charge in [-0.2, -0.15) is 4.79 Å². The van der Waals surface area contributed by atoms with Crippen molar-refractivity contribution in [2.45, 2.75) is 6.92 Å². The molecule has 0 N–H and O–H groups in total. The molecule has 6 nitrogen and oxygen atoms in total. The van der Waals surface area contributed by atoms with E-state index >= 15 is 0 Å². The van der Waals surface area contributed by atoms with Crippen LogP contribution in [0.2, 0.25) is 0 Å². The van der Waals surface area contributed by atoms with Gasteiger partial charge in [0.1, 0.15) is 0 Å². The highest BCUT2D eigenvalue weighted by molar-refractivity contribution is 6.40. The van der Waals surface area contributed by atoms with Gasteiger partial charge in [0, 0.05) is 0 Å². The summed E-state index contributed by atoms with van der Waals surface area (Å²) in [5.41, 5.74) is 9.27. The molecule has 18 heavy (non-hydrogen) atoms. The van der Waals surface area contributed by atoms with Crippen molar-refractivity contribution >= 4 is 17.7 Å². The van der Waals surface area contributed by atoms with Gasteiger partial charge in [-0.3, -0.25) is 0 Å². The minimum atomic E-state index is -0.731. The van der Waals surface area contributed by atoms with Gasteiger partial charge in [-0.1, -0.05) is 0 Å². The SMILES string of the molecule is CCOC(=O)C(=[N+]=[N-])c1ccc(C(=O)OC)cc1. The van der Waals surface area contributed by atoms with Crippen LogP contribution in [0.3, 0.4) is 0 Å². The van der Waals surface area contributed by atoms with Crippen LogP contribution in [0.4, 0.5) is 0 Å². The molecular weight excluding hydrogens is 236 g/mol. The van der Waals surface area contributed by atoms with E-state index in [0.717, 1.165) is 0 Å². The van der Waals surface area contributed by atoms with Crippen molar-refractivity contribution in [2.75, 3.05) is 13.7 Å². The fourth-order valence-electron chi connectivity index (χ4n) is 1.30. The highest BCUT2D eigenvalue weighted by Gasteiger charge is 2.24. The lowest BCUT2D eigenvalue weighted by molar-refractivity contribution is -0.139. The fourth-order valence-corrected chi connectivity index (χ4v) is 1.30. The molecule has 0 aromatic heterocycles. The summed E-state index contributed by atoms with van der Waals surface area (Å²) >= 11 is 0. The number of ether oxygens (including phenoxy) is 2. The highest BCUT2D eigenvalue weighted by atomic mass is 16.5. The summed E-state index contributed by atoms with van der Waals surface area (Å²) in [6.45, 7) is 1.82. The second-order valence-electron chi connectivity index (χ2n) is 3.24. The van der Waals surface area contributed by atoms with Gasteiger partial charge in [-0.05, 0) is 31.2 Å². The lowest BCUT2D eigenvalue weighted by Gasteiger charge is -2.00. The van der Waals surface area contributed by atoms with Crippen molar-refractivity contribution in [1.29, 1.82) is 0 Å². The third-order valence-electron chi connectivity index (χ3n) is 2.15. The zero-order valence-corrected chi connectivity index (χ0v) is 10.0. The Morgan fingerprint density at radius 3 is 2.22 bits per heavy atom. The Hall–Kier alpha value is -2.46. The summed E-state index contributed by atoms with van der Waals surface area (Å²) in [7, 11) is 1.27. The van der Waals surface area contributed by atoms with Crippen molar-refractivity contribution in [3.05, 3.63) is 40.9 Å². The molecule has 0 heterocycles. The molecule has 1 aromatic carbocycles. The summed E-state index contributed by atoms with van der Waals surface area (Å²) < 4.78 is 9.27. The minimum absolute atomic E-state index is 0.179. The Morgan fingerprint density at radius 2 is 1.78 bits per heavy atom. The van der Waals surface area contributed by atoms with Gasteiger partial charge >= 0.3 is 17.7 Å². The van der Waals surface area contributed by atoms with Crippen LogP contribution in [0.5, 0.6) is 0 Å². The Labute approximate surface area is 104 Å². The molecule has 0 saturated carbocycles. The van der Waals surface area contributed by atoms with E-state index < -0.39 is 11.9 Å². The molecule has 6 heteroatoms. The van der Waals surface area contributed by atoms with Crippen molar-refractivity contribution in [2.24, 2.45) is 0 Å². The molecule has 1 aromatic rings. The lowest BCUT2D eigenvalue weighted by Crippen LogP contribution is -2.19. The molecule has 0 aliphatic rings. The third-order valence-corrected chi connectivity index (χ3v) is 2.15. The van der Waals surface area contributed by atoms with Crippen LogP contribution in [-0.4, -0.2) is 36.2 Å². The van der Waals surface area contributed by atoms with Gasteiger partial charge in [0.25, 0.3) is 0 Å². The predicted molar refractivity (Wildman–Crippen MR) is 62.1 cm³/mol. The Morgan fingerprint density at radius 1 is 1.22 bits per heavy atom. The first kappa shape index (κ1) is 13.6. The molecular formula is C12H12N2O4. The Kier molecular flexibility index (Phi) is 4.78. The summed E-state index contributed by atoms with van der Waals surface area (Å²) in [6.07, 6.45) is 0. The second kappa shape index (κ2) is 6.32. The quantitative estimate of drug-likeness (QED) is 0.345. The van der Waals surface area contributed by atoms with E-state index in [9.17, 15) is 9.59 Å². The van der Waals surface area contributed by atoms with Gasteiger partial charge in [-0.25, -0.2) is 9.59 Å². The number of hydrogen-bond acceptors (Lipinski definition) is 4. The van der Waals surface area contributed by atoms with Gasteiger partial charge in [0.05, 0.1) is 24.8 Å². The number of nitrogens with zero attached hydrogens (tertiary/aromatic N) is 2. The van der Waals surface area contributed by atoms with Crippen LogP contribution in [0, 0.1) is 0 Å². The molecule has 94 valence electrons. The molecule has 0 aliphatic heterocycles. The zero-order chi connectivity index (χ0) is 13.5. The smallest absolute Gasteiger partial charge is 0.422 e. The number of benzene rings is 1. The topological polar surface area (TPSA) is 89.0 Å². The zero-order valence-electron chi connectivity index (χ0n) is 10.0. The maximum absolute atomic E-state index is 11.4. The largest absolute Gasteiger partial charge is 0.465 e. The summed E-state index contributed by atoms with van der Waals surface area (Å²) in [4.78, 5) is 25.5. The number of carbonyl (C=O) groups excluding carboxylic acids is 2. The van der Waals surface area contributed by atoms with Crippen LogP contribution in [0.1, 0.15) is 22.8 Å². The molecule has 0 amide bonds. The third kappa shape index (κ3) is 3.02. The molecule has 0 saturated heterocycles. The number of carbonyl (C=O) groups is 2. The molecule has 0 spiro atoms. The van der Waals surface area contributed by atoms with Crippen molar-refractivity contribution < 1.29 is 23.9 Å². The fraction of sp³-hybridized carbons (Fsp3) is 0.250. The van der Waals surface area contributed by atoms with Crippen LogP contribution >= 0.6 is 0 Å². The first-order valence-electron chi connectivity index (χ1n) is 5.22. The molecule has 0 atom stereocenters. The van der Waals surface area contributed by atoms with E-state index in [1.54, 1.807) is 6.92 Å². The van der Waals surface area contributed by atoms with Gasteiger partial charge in [0.2, 0.25) is 0 Å². The van der Waals surface area contributed by atoms with E-state index in [2.05, 4.69) is 9.53 Å². The van der Waals surface area contributed by atoms with Gasteiger partial charge < -0.3 is 15.0 Å². The van der Waals surface area contributed by atoms with Crippen molar-refractivity contribution in [3.63, 3.8) is 0 Å². The van der Waals surface area contributed by atoms with E-state index in [4.69, 9.17) is 10.3 Å². The number of hydrogen-bond donors (Lipinski definition) is 0. The van der Waals surface area contributed by atoms with E-state index in [1.165, 1.54) is 31.4 Å². The predicted octanol–water partition coefficient (Wildman–Crippen LogP) is 1.06. The van der Waals surface area contributed by atoms with Crippen LogP contribution < -0.4 is 0 Å². The number of rotatable bonds is 4. The first-order chi connectivity index (χ1) is 8.63. The molecule has 0 bridgehead atoms. The second-order valence-corrected chi connectivity index (χ2v) is 3.24. The van der Waals surface area contributed by atoms with Crippen molar-refractivity contribution in [1.82, 2.24) is 0 Å². The average molecular weight is 248 g/mol.